The number of nitrogens with one attached hydrogen (secondary N) is 1. The first kappa shape index (κ1) is 37.5. The molecule has 0 radical (unpaired) electrons. The van der Waals surface area contributed by atoms with Gasteiger partial charge >= 0.3 is 5.97 Å². The van der Waals surface area contributed by atoms with Gasteiger partial charge in [0.25, 0.3) is 0 Å². The molecule has 3 heterocycles. The Morgan fingerprint density at radius 2 is 1.71 bits per heavy atom. The quantitative estimate of drug-likeness (QED) is 0.146. The zero-order valence-electron chi connectivity index (χ0n) is 27.0. The van der Waals surface area contributed by atoms with Gasteiger partial charge in [-0.2, -0.15) is 0 Å². The molecule has 2 aromatic rings. The normalized spacial score (nSPS) is 33.0. The van der Waals surface area contributed by atoms with Gasteiger partial charge in [-0.1, -0.05) is 35.9 Å². The molecule has 0 spiro atoms. The topological polar surface area (TPSA) is 201 Å². The molecule has 11 atom stereocenters. The molecule has 0 aromatic heterocycles. The molecule has 3 aliphatic heterocycles. The molecule has 1 amide bonds. The van der Waals surface area contributed by atoms with E-state index >= 15 is 0 Å². The molecule has 3 aliphatic rings. The molecule has 15 nitrogen and oxygen atoms in total. The second-order valence-corrected chi connectivity index (χ2v) is 12.2. The van der Waals surface area contributed by atoms with Gasteiger partial charge in [0.05, 0.1) is 36.1 Å². The summed E-state index contributed by atoms with van der Waals surface area (Å²) >= 11 is 6.17. The highest BCUT2D eigenvalue weighted by molar-refractivity contribution is 6.33. The Balaban J connectivity index is 1.28. The van der Waals surface area contributed by atoms with Gasteiger partial charge in [-0.15, -0.1) is 0 Å². The zero-order valence-corrected chi connectivity index (χ0v) is 27.7. The standard InChI is InChI=1S/C33H42ClNO14/c1-3-42-12-11-24-43-15-22-29(48-24)26(38)28(40)33(47-22)49-30-23(16-44-31(41)19-7-5-4-6-8-19)46-32(27(39)25(30)37)45-14-18-9-10-20(34)21(13-18)35-17(2)36/h4-10,13,22-30,32-33,37-40H,3,11-12,14-16H2,1-2H3,(H,35,36)/t22-,23-,24?,25-,26-,27-,28-,29-,30-,32-,33-/m1/s1. The van der Waals surface area contributed by atoms with Gasteiger partial charge < -0.3 is 63.6 Å². The van der Waals surface area contributed by atoms with Crippen LogP contribution in [0.3, 0.4) is 0 Å². The van der Waals surface area contributed by atoms with E-state index < -0.39 is 80.3 Å². The van der Waals surface area contributed by atoms with Crippen LogP contribution in [0.4, 0.5) is 5.69 Å². The van der Waals surface area contributed by atoms with Gasteiger partial charge in [0, 0.05) is 20.0 Å². The van der Waals surface area contributed by atoms with Crippen LogP contribution in [0.1, 0.15) is 36.2 Å². The summed E-state index contributed by atoms with van der Waals surface area (Å²) in [5, 5.41) is 47.2. The smallest absolute Gasteiger partial charge is 0.338 e. The molecule has 16 heteroatoms. The first-order chi connectivity index (χ1) is 23.5. The summed E-state index contributed by atoms with van der Waals surface area (Å²) in [7, 11) is 0. The van der Waals surface area contributed by atoms with Crippen molar-refractivity contribution in [2.45, 2.75) is 94.6 Å². The predicted octanol–water partition coefficient (Wildman–Crippen LogP) is 1.12. The van der Waals surface area contributed by atoms with Crippen LogP contribution >= 0.6 is 11.6 Å². The number of anilines is 1. The highest BCUT2D eigenvalue weighted by Crippen LogP contribution is 2.34. The highest BCUT2D eigenvalue weighted by atomic mass is 35.5. The maximum atomic E-state index is 12.8. The molecule has 5 rings (SSSR count). The Bertz CT molecular complexity index is 1380. The fraction of sp³-hybridized carbons (Fsp3) is 0.576. The molecule has 0 aliphatic carbocycles. The maximum Gasteiger partial charge on any atom is 0.338 e. The third kappa shape index (κ3) is 9.52. The van der Waals surface area contributed by atoms with Gasteiger partial charge in [-0.05, 0) is 36.8 Å². The van der Waals surface area contributed by atoms with Crippen molar-refractivity contribution in [3.05, 3.63) is 64.7 Å². The Labute approximate surface area is 287 Å². The third-order valence-corrected chi connectivity index (χ3v) is 8.50. The summed E-state index contributed by atoms with van der Waals surface area (Å²) in [4.78, 5) is 24.3. The van der Waals surface area contributed by atoms with Crippen molar-refractivity contribution in [3.63, 3.8) is 0 Å². The lowest BCUT2D eigenvalue weighted by Gasteiger charge is -2.48. The molecule has 5 N–H and O–H groups in total. The van der Waals surface area contributed by atoms with E-state index in [1.807, 2.05) is 6.92 Å². The Hall–Kier alpha value is -2.77. The summed E-state index contributed by atoms with van der Waals surface area (Å²) in [5.41, 5.74) is 1.17. The minimum absolute atomic E-state index is 0.0137. The number of aliphatic hydroxyl groups is 4. The second-order valence-electron chi connectivity index (χ2n) is 11.8. The number of carbonyl (C=O) groups is 2. The molecule has 270 valence electrons. The third-order valence-electron chi connectivity index (χ3n) is 8.17. The van der Waals surface area contributed by atoms with Gasteiger partial charge in [-0.3, -0.25) is 4.79 Å². The van der Waals surface area contributed by atoms with E-state index in [1.54, 1.807) is 48.5 Å². The van der Waals surface area contributed by atoms with Crippen molar-refractivity contribution in [1.29, 1.82) is 0 Å². The summed E-state index contributed by atoms with van der Waals surface area (Å²) in [6, 6.07) is 13.0. The van der Waals surface area contributed by atoms with E-state index in [2.05, 4.69) is 5.32 Å². The van der Waals surface area contributed by atoms with Crippen molar-refractivity contribution in [3.8, 4) is 0 Å². The lowest BCUT2D eigenvalue weighted by Crippen LogP contribution is -2.66. The van der Waals surface area contributed by atoms with Crippen LogP contribution in [0.5, 0.6) is 0 Å². The molecule has 3 fully saturated rings. The second kappa shape index (κ2) is 17.4. The monoisotopic (exact) mass is 711 g/mol. The Morgan fingerprint density at radius 3 is 2.45 bits per heavy atom. The van der Waals surface area contributed by atoms with Crippen molar-refractivity contribution in [2.75, 3.05) is 31.7 Å². The van der Waals surface area contributed by atoms with E-state index in [0.29, 0.717) is 35.9 Å². The van der Waals surface area contributed by atoms with Crippen molar-refractivity contribution in [2.24, 2.45) is 0 Å². The average Bonchev–Trinajstić information content (AvgIpc) is 3.09. The summed E-state index contributed by atoms with van der Waals surface area (Å²) in [6.45, 7) is 3.52. The number of fused-ring (bicyclic) bond motifs is 1. The van der Waals surface area contributed by atoms with Gasteiger partial charge in [0.2, 0.25) is 5.91 Å². The number of hydrogen-bond donors (Lipinski definition) is 5. The SMILES string of the molecule is CCOCCC1OC[C@H]2O[C@H](O[C@H]3[C@H](O)[C@@H](O)[C@H](OCc4ccc(Cl)c(NC(C)=O)c4)O[C@@H]3COC(=O)c3ccccc3)[C@H](O)[C@@H](O)[C@@H]2O1. The molecule has 2 aromatic carbocycles. The number of benzene rings is 2. The van der Waals surface area contributed by atoms with Crippen molar-refractivity contribution in [1.82, 2.24) is 0 Å². The van der Waals surface area contributed by atoms with E-state index in [9.17, 15) is 30.0 Å². The lowest BCUT2D eigenvalue weighted by atomic mass is 9.96. The molecule has 49 heavy (non-hydrogen) atoms. The number of carbonyl (C=O) groups excluding carboxylic acids is 2. The summed E-state index contributed by atoms with van der Waals surface area (Å²) < 4.78 is 46.1. The van der Waals surface area contributed by atoms with Crippen molar-refractivity contribution < 1.29 is 67.9 Å². The number of amides is 1. The number of aliphatic hydroxyl groups excluding tert-OH is 4. The number of esters is 1. The maximum absolute atomic E-state index is 12.8. The van der Waals surface area contributed by atoms with Crippen LogP contribution in [0.25, 0.3) is 0 Å². The molecule has 0 bridgehead atoms. The van der Waals surface area contributed by atoms with E-state index in [1.165, 1.54) is 6.92 Å². The Kier molecular flexibility index (Phi) is 13.3. The van der Waals surface area contributed by atoms with Crippen LogP contribution in [0, 0.1) is 0 Å². The fourth-order valence-corrected chi connectivity index (χ4v) is 5.82. The number of halogens is 1. The molecule has 1 unspecified atom stereocenters. The first-order valence-corrected chi connectivity index (χ1v) is 16.4. The molecular formula is C33H42ClNO14. The average molecular weight is 712 g/mol. The lowest BCUT2D eigenvalue weighted by molar-refractivity contribution is -0.385. The van der Waals surface area contributed by atoms with Crippen LogP contribution in [0.2, 0.25) is 5.02 Å². The summed E-state index contributed by atoms with van der Waals surface area (Å²) in [5.74, 6) is -1.01. The van der Waals surface area contributed by atoms with E-state index in [4.69, 9.17) is 49.5 Å². The predicted molar refractivity (Wildman–Crippen MR) is 169 cm³/mol. The highest BCUT2D eigenvalue weighted by Gasteiger charge is 2.53. The molecular weight excluding hydrogens is 670 g/mol. The van der Waals surface area contributed by atoms with Crippen LogP contribution in [-0.4, -0.2) is 126 Å². The fourth-order valence-electron chi connectivity index (χ4n) is 5.65. The van der Waals surface area contributed by atoms with Crippen LogP contribution < -0.4 is 5.32 Å². The van der Waals surface area contributed by atoms with E-state index in [-0.39, 0.29) is 24.7 Å². The van der Waals surface area contributed by atoms with Crippen LogP contribution in [-0.2, 0) is 49.3 Å². The van der Waals surface area contributed by atoms with Crippen LogP contribution in [0.15, 0.2) is 48.5 Å². The Morgan fingerprint density at radius 1 is 0.959 bits per heavy atom. The van der Waals surface area contributed by atoms with Crippen molar-refractivity contribution >= 4 is 29.2 Å². The summed E-state index contributed by atoms with van der Waals surface area (Å²) in [6.07, 6.45) is -14.2. The minimum atomic E-state index is -1.70. The zero-order chi connectivity index (χ0) is 35.1. The van der Waals surface area contributed by atoms with Gasteiger partial charge in [0.15, 0.2) is 18.9 Å². The first-order valence-electron chi connectivity index (χ1n) is 16.0. The molecule has 3 saturated heterocycles. The number of hydrogen-bond acceptors (Lipinski definition) is 14. The van der Waals surface area contributed by atoms with Gasteiger partial charge in [-0.25, -0.2) is 4.79 Å². The largest absolute Gasteiger partial charge is 0.459 e. The van der Waals surface area contributed by atoms with E-state index in [0.717, 1.165) is 0 Å². The molecule has 0 saturated carbocycles. The van der Waals surface area contributed by atoms with Gasteiger partial charge in [0.1, 0.15) is 55.4 Å². The minimum Gasteiger partial charge on any atom is -0.459 e. The number of rotatable bonds is 13. The number of ether oxygens (including phenoxy) is 8.